The smallest absolute Gasteiger partial charge is 0.340 e. The molecule has 2 unspecified atom stereocenters. The van der Waals surface area contributed by atoms with Gasteiger partial charge in [0.1, 0.15) is 5.82 Å². The van der Waals surface area contributed by atoms with Gasteiger partial charge in [-0.1, -0.05) is 18.9 Å². The molecule has 0 spiro atoms. The highest BCUT2D eigenvalue weighted by Gasteiger charge is 2.22. The minimum absolute atomic E-state index is 0.0612. The summed E-state index contributed by atoms with van der Waals surface area (Å²) in [6.45, 7) is 0.472. The fourth-order valence-electron chi connectivity index (χ4n) is 2.54. The van der Waals surface area contributed by atoms with E-state index in [0.717, 1.165) is 31.2 Å². The average Bonchev–Trinajstić information content (AvgIpc) is 2.46. The molecule has 0 aromatic heterocycles. The molecule has 1 fully saturated rings. The lowest BCUT2D eigenvalue weighted by molar-refractivity contribution is 0.0595. The number of esters is 1. The topological polar surface area (TPSA) is 58.6 Å². The predicted molar refractivity (Wildman–Crippen MR) is 72.8 cm³/mol. The molecule has 1 aromatic carbocycles. The molecular weight excluding hydrogens is 261 g/mol. The quantitative estimate of drug-likeness (QED) is 0.829. The van der Waals surface area contributed by atoms with E-state index in [0.29, 0.717) is 6.54 Å². The highest BCUT2D eigenvalue weighted by Crippen LogP contribution is 2.19. The van der Waals surface area contributed by atoms with Crippen LogP contribution in [0.1, 0.15) is 41.6 Å². The van der Waals surface area contributed by atoms with Gasteiger partial charge in [0.15, 0.2) is 0 Å². The summed E-state index contributed by atoms with van der Waals surface area (Å²) < 4.78 is 18.3. The van der Waals surface area contributed by atoms with Gasteiger partial charge in [0.2, 0.25) is 0 Å². The van der Waals surface area contributed by atoms with E-state index < -0.39 is 11.8 Å². The largest absolute Gasteiger partial charge is 0.465 e. The van der Waals surface area contributed by atoms with E-state index in [1.54, 1.807) is 6.07 Å². The van der Waals surface area contributed by atoms with Crippen molar-refractivity contribution in [3.63, 3.8) is 0 Å². The maximum Gasteiger partial charge on any atom is 0.340 e. The first-order valence-electron chi connectivity index (χ1n) is 6.90. The summed E-state index contributed by atoms with van der Waals surface area (Å²) in [6, 6.07) is 4.51. The van der Waals surface area contributed by atoms with Crippen LogP contribution in [0.3, 0.4) is 0 Å². The zero-order valence-corrected chi connectivity index (χ0v) is 11.6. The van der Waals surface area contributed by atoms with Gasteiger partial charge in [-0.05, 0) is 30.5 Å². The summed E-state index contributed by atoms with van der Waals surface area (Å²) in [5, 5.41) is 13.1. The molecule has 0 saturated heterocycles. The Balaban J connectivity index is 1.96. The number of halogens is 1. The number of nitrogens with one attached hydrogen (secondary N) is 1. The SMILES string of the molecule is COC(=O)c1ccc(CNC2CCCCC2O)cc1F. The normalized spacial score (nSPS) is 22.6. The van der Waals surface area contributed by atoms with Crippen molar-refractivity contribution in [1.29, 1.82) is 0 Å². The highest BCUT2D eigenvalue weighted by molar-refractivity contribution is 5.89. The average molecular weight is 281 g/mol. The van der Waals surface area contributed by atoms with Crippen molar-refractivity contribution >= 4 is 5.97 Å². The van der Waals surface area contributed by atoms with Crippen molar-refractivity contribution in [1.82, 2.24) is 5.32 Å². The van der Waals surface area contributed by atoms with E-state index in [4.69, 9.17) is 0 Å². The number of aliphatic hydroxyl groups excluding tert-OH is 1. The van der Waals surface area contributed by atoms with Crippen molar-refractivity contribution in [2.24, 2.45) is 0 Å². The molecule has 0 bridgehead atoms. The van der Waals surface area contributed by atoms with Crippen LogP contribution < -0.4 is 5.32 Å². The standard InChI is InChI=1S/C15H20FNO3/c1-20-15(19)11-7-6-10(8-12(11)16)9-17-13-4-2-3-5-14(13)18/h6-8,13-14,17-18H,2-5,9H2,1H3. The molecule has 1 saturated carbocycles. The van der Waals surface area contributed by atoms with E-state index in [2.05, 4.69) is 10.1 Å². The van der Waals surface area contributed by atoms with Crippen LogP contribution in [0.4, 0.5) is 4.39 Å². The number of methoxy groups -OCH3 is 1. The summed E-state index contributed by atoms with van der Waals surface area (Å²) in [7, 11) is 1.22. The van der Waals surface area contributed by atoms with Crippen LogP contribution in [0, 0.1) is 5.82 Å². The van der Waals surface area contributed by atoms with E-state index in [1.807, 2.05) is 0 Å². The molecule has 2 rings (SSSR count). The Hall–Kier alpha value is -1.46. The maximum atomic E-state index is 13.8. The minimum Gasteiger partial charge on any atom is -0.465 e. The molecule has 0 radical (unpaired) electrons. The van der Waals surface area contributed by atoms with Crippen molar-refractivity contribution < 1.29 is 19.0 Å². The lowest BCUT2D eigenvalue weighted by Gasteiger charge is -2.28. The number of carbonyl (C=O) groups excluding carboxylic acids is 1. The number of ether oxygens (including phenoxy) is 1. The third kappa shape index (κ3) is 3.55. The Kier molecular flexibility index (Phi) is 5.09. The van der Waals surface area contributed by atoms with E-state index >= 15 is 0 Å². The van der Waals surface area contributed by atoms with Crippen LogP contribution in [0.15, 0.2) is 18.2 Å². The zero-order valence-electron chi connectivity index (χ0n) is 11.6. The zero-order chi connectivity index (χ0) is 14.5. The molecule has 0 amide bonds. The van der Waals surface area contributed by atoms with Gasteiger partial charge in [0.05, 0.1) is 18.8 Å². The van der Waals surface area contributed by atoms with Gasteiger partial charge in [-0.2, -0.15) is 0 Å². The Morgan fingerprint density at radius 1 is 1.45 bits per heavy atom. The van der Waals surface area contributed by atoms with Crippen molar-refractivity contribution in [3.8, 4) is 0 Å². The molecule has 5 heteroatoms. The Morgan fingerprint density at radius 2 is 2.20 bits per heavy atom. The predicted octanol–water partition coefficient (Wildman–Crippen LogP) is 2.01. The van der Waals surface area contributed by atoms with Crippen LogP contribution in [-0.2, 0) is 11.3 Å². The van der Waals surface area contributed by atoms with E-state index in [1.165, 1.54) is 19.2 Å². The third-order valence-electron chi connectivity index (χ3n) is 3.74. The number of aliphatic hydroxyl groups is 1. The number of hydrogen-bond donors (Lipinski definition) is 2. The number of benzene rings is 1. The van der Waals surface area contributed by atoms with Crippen LogP contribution in [-0.4, -0.2) is 30.3 Å². The summed E-state index contributed by atoms with van der Waals surface area (Å²) in [4.78, 5) is 11.3. The molecular formula is C15H20FNO3. The number of rotatable bonds is 4. The van der Waals surface area contributed by atoms with Crippen molar-refractivity contribution in [3.05, 3.63) is 35.1 Å². The second kappa shape index (κ2) is 6.81. The monoisotopic (exact) mass is 281 g/mol. The number of hydrogen-bond acceptors (Lipinski definition) is 4. The first kappa shape index (κ1) is 14.9. The van der Waals surface area contributed by atoms with Gasteiger partial charge in [-0.25, -0.2) is 9.18 Å². The maximum absolute atomic E-state index is 13.8. The Morgan fingerprint density at radius 3 is 2.85 bits per heavy atom. The van der Waals surface area contributed by atoms with Crippen molar-refractivity contribution in [2.45, 2.75) is 44.4 Å². The Bertz CT molecular complexity index is 478. The molecule has 1 aliphatic carbocycles. The summed E-state index contributed by atoms with van der Waals surface area (Å²) in [6.07, 6.45) is 3.58. The van der Waals surface area contributed by atoms with Crippen LogP contribution >= 0.6 is 0 Å². The molecule has 2 atom stereocenters. The van der Waals surface area contributed by atoms with Gasteiger partial charge < -0.3 is 15.2 Å². The summed E-state index contributed by atoms with van der Waals surface area (Å²) in [5.41, 5.74) is 0.682. The molecule has 1 aromatic rings. The lowest BCUT2D eigenvalue weighted by Crippen LogP contribution is -2.41. The lowest BCUT2D eigenvalue weighted by atomic mass is 9.92. The number of carbonyl (C=O) groups is 1. The molecule has 110 valence electrons. The molecule has 0 heterocycles. The van der Waals surface area contributed by atoms with Crippen molar-refractivity contribution in [2.75, 3.05) is 7.11 Å². The van der Waals surface area contributed by atoms with E-state index in [-0.39, 0.29) is 17.7 Å². The first-order chi connectivity index (χ1) is 9.61. The molecule has 0 aliphatic heterocycles. The third-order valence-corrected chi connectivity index (χ3v) is 3.74. The van der Waals surface area contributed by atoms with Crippen LogP contribution in [0.2, 0.25) is 0 Å². The van der Waals surface area contributed by atoms with Crippen LogP contribution in [0.5, 0.6) is 0 Å². The molecule has 2 N–H and O–H groups in total. The fourth-order valence-corrected chi connectivity index (χ4v) is 2.54. The van der Waals surface area contributed by atoms with Gasteiger partial charge >= 0.3 is 5.97 Å². The van der Waals surface area contributed by atoms with Gasteiger partial charge in [0, 0.05) is 12.6 Å². The molecule has 1 aliphatic rings. The molecule has 20 heavy (non-hydrogen) atoms. The minimum atomic E-state index is -0.676. The van der Waals surface area contributed by atoms with E-state index in [9.17, 15) is 14.3 Å². The summed E-state index contributed by atoms with van der Waals surface area (Å²) in [5.74, 6) is -1.26. The second-order valence-electron chi connectivity index (χ2n) is 5.14. The first-order valence-corrected chi connectivity index (χ1v) is 6.90. The highest BCUT2D eigenvalue weighted by atomic mass is 19.1. The van der Waals surface area contributed by atoms with Gasteiger partial charge in [-0.3, -0.25) is 0 Å². The molecule has 4 nitrogen and oxygen atoms in total. The summed E-state index contributed by atoms with van der Waals surface area (Å²) >= 11 is 0. The fraction of sp³-hybridized carbons (Fsp3) is 0.533. The Labute approximate surface area is 117 Å². The van der Waals surface area contributed by atoms with Gasteiger partial charge in [0.25, 0.3) is 0 Å². The van der Waals surface area contributed by atoms with Gasteiger partial charge in [-0.15, -0.1) is 0 Å². The second-order valence-corrected chi connectivity index (χ2v) is 5.14. The van der Waals surface area contributed by atoms with Crippen LogP contribution in [0.25, 0.3) is 0 Å².